The molecule has 2 rings (SSSR count). The minimum absolute atomic E-state index is 0.110. The number of piperazine rings is 1. The van der Waals surface area contributed by atoms with Gasteiger partial charge in [-0.1, -0.05) is 13.3 Å². The number of methoxy groups -OCH3 is 1. The van der Waals surface area contributed by atoms with Gasteiger partial charge in [-0.05, 0) is 31.2 Å². The van der Waals surface area contributed by atoms with E-state index in [4.69, 9.17) is 10.5 Å². The predicted octanol–water partition coefficient (Wildman–Crippen LogP) is 0.931. The standard InChI is InChI=1S/C16H31N3O2/c1-13-3-4-14(12-17)15(11-13)19-9-7-18(8-10-19)6-5-16(20)21-2/h13-15H,3-12,17H2,1-2H3. The second kappa shape index (κ2) is 8.11. The van der Waals surface area contributed by atoms with Crippen LogP contribution in [-0.4, -0.2) is 68.2 Å². The Morgan fingerprint density at radius 3 is 2.57 bits per heavy atom. The lowest BCUT2D eigenvalue weighted by atomic mass is 9.78. The highest BCUT2D eigenvalue weighted by Gasteiger charge is 2.33. The van der Waals surface area contributed by atoms with Crippen LogP contribution in [0.3, 0.4) is 0 Å². The van der Waals surface area contributed by atoms with Gasteiger partial charge in [0.2, 0.25) is 0 Å². The molecule has 2 fully saturated rings. The van der Waals surface area contributed by atoms with Crippen LogP contribution < -0.4 is 5.73 Å². The van der Waals surface area contributed by atoms with Crippen molar-refractivity contribution < 1.29 is 9.53 Å². The molecule has 0 amide bonds. The number of rotatable bonds is 5. The SMILES string of the molecule is COC(=O)CCN1CCN(C2CC(C)CCC2CN)CC1. The van der Waals surface area contributed by atoms with E-state index in [1.54, 1.807) is 0 Å². The first-order valence-corrected chi connectivity index (χ1v) is 8.37. The van der Waals surface area contributed by atoms with Crippen LogP contribution in [0.25, 0.3) is 0 Å². The molecule has 1 saturated heterocycles. The van der Waals surface area contributed by atoms with Crippen LogP contribution in [-0.2, 0) is 9.53 Å². The molecule has 3 unspecified atom stereocenters. The van der Waals surface area contributed by atoms with Gasteiger partial charge in [0.15, 0.2) is 0 Å². The zero-order valence-corrected chi connectivity index (χ0v) is 13.6. The normalized spacial score (nSPS) is 32.0. The van der Waals surface area contributed by atoms with Crippen molar-refractivity contribution in [1.82, 2.24) is 9.80 Å². The van der Waals surface area contributed by atoms with Crippen molar-refractivity contribution in [2.75, 3.05) is 46.4 Å². The van der Waals surface area contributed by atoms with Crippen LogP contribution in [0.2, 0.25) is 0 Å². The Bertz CT molecular complexity index is 329. The number of nitrogens with zero attached hydrogens (tertiary/aromatic N) is 2. The van der Waals surface area contributed by atoms with E-state index < -0.39 is 0 Å². The third kappa shape index (κ3) is 4.66. The average molecular weight is 297 g/mol. The summed E-state index contributed by atoms with van der Waals surface area (Å²) >= 11 is 0. The molecule has 2 N–H and O–H groups in total. The van der Waals surface area contributed by atoms with Gasteiger partial charge in [0.1, 0.15) is 0 Å². The van der Waals surface area contributed by atoms with Gasteiger partial charge >= 0.3 is 5.97 Å². The Balaban J connectivity index is 1.78. The number of hydrogen-bond donors (Lipinski definition) is 1. The van der Waals surface area contributed by atoms with Crippen LogP contribution in [0.4, 0.5) is 0 Å². The first-order valence-electron chi connectivity index (χ1n) is 8.37. The van der Waals surface area contributed by atoms with Gasteiger partial charge in [-0.2, -0.15) is 0 Å². The summed E-state index contributed by atoms with van der Waals surface area (Å²) in [6, 6.07) is 0.668. The van der Waals surface area contributed by atoms with E-state index in [0.29, 0.717) is 18.4 Å². The van der Waals surface area contributed by atoms with Crippen molar-refractivity contribution >= 4 is 5.97 Å². The Morgan fingerprint density at radius 1 is 1.24 bits per heavy atom. The summed E-state index contributed by atoms with van der Waals surface area (Å²) < 4.78 is 4.71. The third-order valence-corrected chi connectivity index (χ3v) is 5.26. The fourth-order valence-electron chi connectivity index (χ4n) is 3.81. The van der Waals surface area contributed by atoms with E-state index in [2.05, 4.69) is 16.7 Å². The average Bonchev–Trinajstić information content (AvgIpc) is 2.53. The van der Waals surface area contributed by atoms with Crippen LogP contribution in [0.5, 0.6) is 0 Å². The second-order valence-electron chi connectivity index (χ2n) is 6.69. The molecule has 1 aliphatic heterocycles. The fourth-order valence-corrected chi connectivity index (χ4v) is 3.81. The topological polar surface area (TPSA) is 58.8 Å². The largest absolute Gasteiger partial charge is 0.469 e. The monoisotopic (exact) mass is 297 g/mol. The molecule has 0 radical (unpaired) electrons. The highest BCUT2D eigenvalue weighted by Crippen LogP contribution is 2.32. The van der Waals surface area contributed by atoms with Crippen molar-refractivity contribution in [2.24, 2.45) is 17.6 Å². The third-order valence-electron chi connectivity index (χ3n) is 5.26. The molecule has 0 spiro atoms. The van der Waals surface area contributed by atoms with E-state index in [-0.39, 0.29) is 5.97 Å². The number of nitrogens with two attached hydrogens (primary N) is 1. The first-order chi connectivity index (χ1) is 10.1. The van der Waals surface area contributed by atoms with Crippen LogP contribution in [0.15, 0.2) is 0 Å². The van der Waals surface area contributed by atoms with Crippen LogP contribution in [0, 0.1) is 11.8 Å². The first kappa shape index (κ1) is 16.7. The van der Waals surface area contributed by atoms with E-state index in [1.807, 2.05) is 0 Å². The lowest BCUT2D eigenvalue weighted by Crippen LogP contribution is -2.54. The zero-order chi connectivity index (χ0) is 15.2. The van der Waals surface area contributed by atoms with Gasteiger partial charge < -0.3 is 15.4 Å². The number of carbonyl (C=O) groups is 1. The maximum absolute atomic E-state index is 11.2. The van der Waals surface area contributed by atoms with E-state index in [0.717, 1.165) is 45.2 Å². The van der Waals surface area contributed by atoms with Crippen LogP contribution in [0.1, 0.15) is 32.6 Å². The molecule has 0 aromatic heterocycles. The molecular weight excluding hydrogens is 266 g/mol. The molecule has 21 heavy (non-hydrogen) atoms. The Morgan fingerprint density at radius 2 is 1.95 bits per heavy atom. The molecule has 0 bridgehead atoms. The lowest BCUT2D eigenvalue weighted by Gasteiger charge is -2.45. The van der Waals surface area contributed by atoms with Gasteiger partial charge in [-0.15, -0.1) is 0 Å². The molecule has 0 aromatic rings. The molecule has 1 aliphatic carbocycles. The summed E-state index contributed by atoms with van der Waals surface area (Å²) in [5.41, 5.74) is 5.98. The van der Waals surface area contributed by atoms with Gasteiger partial charge in [0.05, 0.1) is 13.5 Å². The van der Waals surface area contributed by atoms with Gasteiger partial charge in [0, 0.05) is 38.8 Å². The molecule has 3 atom stereocenters. The van der Waals surface area contributed by atoms with E-state index in [9.17, 15) is 4.79 Å². The smallest absolute Gasteiger partial charge is 0.306 e. The summed E-state index contributed by atoms with van der Waals surface area (Å²) in [6.07, 6.45) is 4.41. The highest BCUT2D eigenvalue weighted by molar-refractivity contribution is 5.69. The van der Waals surface area contributed by atoms with Crippen molar-refractivity contribution in [1.29, 1.82) is 0 Å². The summed E-state index contributed by atoms with van der Waals surface area (Å²) in [6.45, 7) is 8.33. The van der Waals surface area contributed by atoms with E-state index in [1.165, 1.54) is 26.4 Å². The highest BCUT2D eigenvalue weighted by atomic mass is 16.5. The summed E-state index contributed by atoms with van der Waals surface area (Å²) in [5.74, 6) is 1.39. The molecule has 0 aromatic carbocycles. The molecule has 122 valence electrons. The van der Waals surface area contributed by atoms with Crippen LogP contribution >= 0.6 is 0 Å². The Hall–Kier alpha value is -0.650. The number of ether oxygens (including phenoxy) is 1. The summed E-state index contributed by atoms with van der Waals surface area (Å²) in [4.78, 5) is 16.2. The van der Waals surface area contributed by atoms with Crippen molar-refractivity contribution in [2.45, 2.75) is 38.6 Å². The van der Waals surface area contributed by atoms with Gasteiger partial charge in [-0.3, -0.25) is 9.69 Å². The number of hydrogen-bond acceptors (Lipinski definition) is 5. The fraction of sp³-hybridized carbons (Fsp3) is 0.938. The van der Waals surface area contributed by atoms with Crippen molar-refractivity contribution in [3.63, 3.8) is 0 Å². The van der Waals surface area contributed by atoms with Crippen molar-refractivity contribution in [3.05, 3.63) is 0 Å². The molecule has 5 heteroatoms. The quantitative estimate of drug-likeness (QED) is 0.765. The lowest BCUT2D eigenvalue weighted by molar-refractivity contribution is -0.141. The minimum atomic E-state index is -0.110. The molecule has 5 nitrogen and oxygen atoms in total. The number of carbonyl (C=O) groups excluding carboxylic acids is 1. The number of esters is 1. The molecular formula is C16H31N3O2. The van der Waals surface area contributed by atoms with Gasteiger partial charge in [-0.25, -0.2) is 0 Å². The summed E-state index contributed by atoms with van der Waals surface area (Å²) in [5, 5.41) is 0. The van der Waals surface area contributed by atoms with E-state index >= 15 is 0 Å². The predicted molar refractivity (Wildman–Crippen MR) is 84.0 cm³/mol. The molecule has 2 aliphatic rings. The molecule has 1 saturated carbocycles. The molecule has 1 heterocycles. The van der Waals surface area contributed by atoms with Crippen molar-refractivity contribution in [3.8, 4) is 0 Å². The maximum Gasteiger partial charge on any atom is 0.306 e. The Labute approximate surface area is 128 Å². The zero-order valence-electron chi connectivity index (χ0n) is 13.6. The maximum atomic E-state index is 11.2. The summed E-state index contributed by atoms with van der Waals surface area (Å²) in [7, 11) is 1.46. The van der Waals surface area contributed by atoms with Gasteiger partial charge in [0.25, 0.3) is 0 Å². The second-order valence-corrected chi connectivity index (χ2v) is 6.69. The Kier molecular flexibility index (Phi) is 6.45. The minimum Gasteiger partial charge on any atom is -0.469 e.